The predicted octanol–water partition coefficient (Wildman–Crippen LogP) is 5.52. The highest BCUT2D eigenvalue weighted by atomic mass is 127. The van der Waals surface area contributed by atoms with Gasteiger partial charge in [0.25, 0.3) is 0 Å². The average Bonchev–Trinajstić information content (AvgIpc) is 2.58. The van der Waals surface area contributed by atoms with Crippen LogP contribution < -0.4 is 5.32 Å². The van der Waals surface area contributed by atoms with Crippen molar-refractivity contribution in [2.75, 3.05) is 0 Å². The van der Waals surface area contributed by atoms with Gasteiger partial charge in [0.05, 0.1) is 0 Å². The molecule has 1 amide bonds. The fourth-order valence-corrected chi connectivity index (χ4v) is 3.22. The number of hydrogen-bond acceptors (Lipinski definition) is 4. The van der Waals surface area contributed by atoms with Crippen LogP contribution in [-0.2, 0) is 16.0 Å². The van der Waals surface area contributed by atoms with Gasteiger partial charge in [0.15, 0.2) is 0 Å². The summed E-state index contributed by atoms with van der Waals surface area (Å²) in [5.74, 6) is -1.04. The summed E-state index contributed by atoms with van der Waals surface area (Å²) in [6.07, 6.45) is 4.93. The number of nitrogens with one attached hydrogen (secondary N) is 1. The molecule has 2 N–H and O–H groups in total. The molecule has 28 heavy (non-hydrogen) atoms. The summed E-state index contributed by atoms with van der Waals surface area (Å²) in [5.41, 5.74) is 0.640. The van der Waals surface area contributed by atoms with Gasteiger partial charge >= 0.3 is 12.1 Å². The minimum atomic E-state index is -1.04. The minimum Gasteiger partial charge on any atom is -0.480 e. The van der Waals surface area contributed by atoms with Crippen LogP contribution in [0, 0.1) is 3.57 Å². The van der Waals surface area contributed by atoms with Gasteiger partial charge in [-0.2, -0.15) is 0 Å². The Hall–Kier alpha value is -1.22. The molecule has 0 aliphatic rings. The molecule has 7 heteroatoms. The van der Waals surface area contributed by atoms with Gasteiger partial charge in [0.1, 0.15) is 11.6 Å². The second kappa shape index (κ2) is 12.4. The Kier molecular flexibility index (Phi) is 11.0. The van der Waals surface area contributed by atoms with E-state index in [-0.39, 0.29) is 0 Å². The van der Waals surface area contributed by atoms with E-state index in [1.165, 1.54) is 9.13 Å². The van der Waals surface area contributed by atoms with Crippen molar-refractivity contribution >= 4 is 51.7 Å². The first-order valence-electron chi connectivity index (χ1n) is 9.55. The monoisotopic (exact) mass is 519 g/mol. The van der Waals surface area contributed by atoms with Crippen LogP contribution in [0.3, 0.4) is 0 Å². The first-order chi connectivity index (χ1) is 13.1. The van der Waals surface area contributed by atoms with Crippen molar-refractivity contribution in [2.45, 2.75) is 77.4 Å². The molecule has 5 nitrogen and oxygen atoms in total. The van der Waals surface area contributed by atoms with Crippen molar-refractivity contribution in [1.29, 1.82) is 0 Å². The zero-order chi connectivity index (χ0) is 21.2. The van der Waals surface area contributed by atoms with Crippen LogP contribution in [0.25, 0.3) is 0 Å². The van der Waals surface area contributed by atoms with Crippen molar-refractivity contribution < 1.29 is 19.4 Å². The quantitative estimate of drug-likeness (QED) is 0.229. The van der Waals surface area contributed by atoms with Crippen LogP contribution in [0.2, 0.25) is 0 Å². The summed E-state index contributed by atoms with van der Waals surface area (Å²) in [6.45, 7) is 5.22. The molecule has 0 unspecified atom stereocenters. The van der Waals surface area contributed by atoms with Crippen LogP contribution in [0.5, 0.6) is 0 Å². The van der Waals surface area contributed by atoms with Crippen LogP contribution in [0.1, 0.15) is 64.9 Å². The van der Waals surface area contributed by atoms with Crippen LogP contribution in [0.15, 0.2) is 24.3 Å². The second-order valence-corrected chi connectivity index (χ2v) is 9.62. The summed E-state index contributed by atoms with van der Waals surface area (Å²) >= 11 is 7.75. The summed E-state index contributed by atoms with van der Waals surface area (Å²) in [6, 6.07) is 7.54. The molecule has 0 aliphatic heterocycles. The molecule has 0 saturated carbocycles. The third-order valence-corrected chi connectivity index (χ3v) is 5.17. The molecule has 0 aromatic heterocycles. The van der Waals surface area contributed by atoms with E-state index in [2.05, 4.69) is 52.2 Å². The number of rotatable bonds is 11. The second-order valence-electron chi connectivity index (χ2n) is 7.80. The fraction of sp³-hybridized carbons (Fsp3) is 0.571. The maximum absolute atomic E-state index is 11.7. The Morgan fingerprint density at radius 1 is 1.14 bits per heavy atom. The lowest BCUT2D eigenvalue weighted by molar-refractivity contribution is -0.139. The number of aryl methyl sites for hydroxylation is 1. The number of amides is 1. The van der Waals surface area contributed by atoms with Crippen molar-refractivity contribution in [3.8, 4) is 0 Å². The molecule has 1 aromatic rings. The topological polar surface area (TPSA) is 75.6 Å². The summed E-state index contributed by atoms with van der Waals surface area (Å²) in [4.78, 5) is 24.1. The Balaban J connectivity index is 2.22. The van der Waals surface area contributed by atoms with Gasteiger partial charge in [0, 0.05) is 3.57 Å². The number of alkyl carbamates (subject to hydrolysis) is 1. The van der Waals surface area contributed by atoms with E-state index in [4.69, 9.17) is 17.0 Å². The molecular weight excluding hydrogens is 489 g/mol. The predicted molar refractivity (Wildman–Crippen MR) is 124 cm³/mol. The van der Waals surface area contributed by atoms with Crippen molar-refractivity contribution in [3.05, 3.63) is 33.4 Å². The number of ether oxygens (including phenoxy) is 1. The first kappa shape index (κ1) is 24.8. The number of carbonyl (C=O) groups excluding carboxylic acids is 1. The summed E-state index contributed by atoms with van der Waals surface area (Å²) in [7, 11) is 0. The van der Waals surface area contributed by atoms with Crippen molar-refractivity contribution in [1.82, 2.24) is 5.32 Å². The zero-order valence-electron chi connectivity index (χ0n) is 16.8. The minimum absolute atomic E-state index is 0.379. The van der Waals surface area contributed by atoms with Crippen molar-refractivity contribution in [3.63, 3.8) is 0 Å². The molecule has 0 heterocycles. The van der Waals surface area contributed by atoms with Crippen molar-refractivity contribution in [2.24, 2.45) is 0 Å². The highest BCUT2D eigenvalue weighted by Gasteiger charge is 2.23. The van der Waals surface area contributed by atoms with Gasteiger partial charge < -0.3 is 15.2 Å². The number of aliphatic carboxylic acids is 1. The zero-order valence-corrected chi connectivity index (χ0v) is 19.8. The number of hydrogen-bond donors (Lipinski definition) is 2. The molecule has 1 aromatic carbocycles. The van der Waals surface area contributed by atoms with E-state index < -0.39 is 23.7 Å². The maximum atomic E-state index is 11.7. The highest BCUT2D eigenvalue weighted by Crippen LogP contribution is 2.13. The molecular formula is C21H30INO4S. The van der Waals surface area contributed by atoms with E-state index in [1.54, 1.807) is 20.8 Å². The third-order valence-electron chi connectivity index (χ3n) is 4.04. The fourth-order valence-electron chi connectivity index (χ4n) is 2.61. The number of carboxylic acids is 1. The average molecular weight is 519 g/mol. The normalized spacial score (nSPS) is 12.3. The lowest BCUT2D eigenvalue weighted by Gasteiger charge is -2.22. The summed E-state index contributed by atoms with van der Waals surface area (Å²) < 4.78 is 6.34. The summed E-state index contributed by atoms with van der Waals surface area (Å²) in [5, 5.41) is 11.7. The number of carboxylic acid groups (broad SMARTS) is 1. The number of benzene rings is 1. The van der Waals surface area contributed by atoms with Gasteiger partial charge in [-0.1, -0.05) is 37.2 Å². The van der Waals surface area contributed by atoms with E-state index in [0.29, 0.717) is 12.8 Å². The molecule has 0 bridgehead atoms. The molecule has 0 spiro atoms. The van der Waals surface area contributed by atoms with Gasteiger partial charge in [-0.05, 0) is 98.0 Å². The van der Waals surface area contributed by atoms with Crippen LogP contribution >= 0.6 is 34.8 Å². The smallest absolute Gasteiger partial charge is 0.408 e. The molecule has 0 aliphatic carbocycles. The van der Waals surface area contributed by atoms with E-state index in [1.807, 2.05) is 0 Å². The first-order valence-corrected chi connectivity index (χ1v) is 11.0. The number of halogens is 1. The Bertz CT molecular complexity index is 655. The highest BCUT2D eigenvalue weighted by molar-refractivity contribution is 14.1. The molecule has 0 fully saturated rings. The molecule has 0 radical (unpaired) electrons. The molecule has 1 atom stereocenters. The largest absolute Gasteiger partial charge is 0.480 e. The molecule has 0 saturated heterocycles. The van der Waals surface area contributed by atoms with Gasteiger partial charge in [-0.25, -0.2) is 9.59 Å². The van der Waals surface area contributed by atoms with E-state index >= 15 is 0 Å². The van der Waals surface area contributed by atoms with Gasteiger partial charge in [-0.15, -0.1) is 0 Å². The lowest BCUT2D eigenvalue weighted by Crippen LogP contribution is -2.43. The van der Waals surface area contributed by atoms with Crippen LogP contribution in [-0.4, -0.2) is 33.7 Å². The standard InChI is InChI=1S/C21H30INO4S/c1-21(2,3)27-20(26)23-18(19(24)25)8-6-4-5-7-17(28)14-11-15-9-12-16(22)13-10-15/h9-10,12-13,18H,4-8,11,14H2,1-3H3,(H,23,26)(H,24,25)/t18-/m0/s1. The number of thiocarbonyl (C=S) groups is 1. The lowest BCUT2D eigenvalue weighted by atomic mass is 10.0. The van der Waals surface area contributed by atoms with E-state index in [0.717, 1.165) is 37.0 Å². The number of unbranched alkanes of at least 4 members (excludes halogenated alkanes) is 2. The SMILES string of the molecule is CC(C)(C)OC(=O)N[C@@H](CCCCCC(=S)CCc1ccc(I)cc1)C(=O)O. The maximum Gasteiger partial charge on any atom is 0.408 e. The van der Waals surface area contributed by atoms with Gasteiger partial charge in [0.2, 0.25) is 0 Å². The number of carbonyl (C=O) groups is 2. The van der Waals surface area contributed by atoms with E-state index in [9.17, 15) is 14.7 Å². The molecule has 1 rings (SSSR count). The Labute approximate surface area is 186 Å². The Morgan fingerprint density at radius 3 is 2.36 bits per heavy atom. The van der Waals surface area contributed by atoms with Crippen LogP contribution in [0.4, 0.5) is 4.79 Å². The molecule has 156 valence electrons. The third kappa shape index (κ3) is 11.6. The Morgan fingerprint density at radius 2 is 1.79 bits per heavy atom. The van der Waals surface area contributed by atoms with Gasteiger partial charge in [-0.3, -0.25) is 0 Å².